The summed E-state index contributed by atoms with van der Waals surface area (Å²) in [6.45, 7) is 8.61. The van der Waals surface area contributed by atoms with Gasteiger partial charge in [-0.15, -0.1) is 0 Å². The molecule has 0 heterocycles. The molecule has 3 N–H and O–H groups in total. The Labute approximate surface area is 122 Å². The highest BCUT2D eigenvalue weighted by Gasteiger charge is 2.20. The van der Waals surface area contributed by atoms with Crippen LogP contribution in [0.2, 0.25) is 0 Å². The summed E-state index contributed by atoms with van der Waals surface area (Å²) in [5, 5.41) is 0. The van der Waals surface area contributed by atoms with Crippen molar-refractivity contribution in [3.8, 4) is 0 Å². The van der Waals surface area contributed by atoms with Crippen LogP contribution in [0.25, 0.3) is 0 Å². The lowest BCUT2D eigenvalue weighted by Gasteiger charge is -2.20. The molecule has 0 saturated heterocycles. The molecule has 5 heteroatoms. The van der Waals surface area contributed by atoms with Crippen LogP contribution in [0.15, 0.2) is 29.2 Å². The predicted octanol–water partition coefficient (Wildman–Crippen LogP) is 2.39. The Bertz CT molecular complexity index is 516. The van der Waals surface area contributed by atoms with E-state index in [1.54, 1.807) is 12.1 Å². The van der Waals surface area contributed by atoms with E-state index in [-0.39, 0.29) is 11.5 Å². The summed E-state index contributed by atoms with van der Waals surface area (Å²) in [7, 11) is -3.49. The molecule has 0 spiro atoms. The van der Waals surface area contributed by atoms with Gasteiger partial charge in [-0.2, -0.15) is 0 Å². The first-order valence-corrected chi connectivity index (χ1v) is 8.52. The molecule has 1 aromatic rings. The predicted molar refractivity (Wildman–Crippen MR) is 83.2 cm³/mol. The highest BCUT2D eigenvalue weighted by Crippen LogP contribution is 2.23. The van der Waals surface area contributed by atoms with E-state index in [0.29, 0.717) is 11.4 Å². The van der Waals surface area contributed by atoms with Crippen LogP contribution in [0, 0.1) is 0 Å². The molecule has 0 aliphatic carbocycles. The Morgan fingerprint density at radius 2 is 1.75 bits per heavy atom. The fourth-order valence-electron chi connectivity index (χ4n) is 1.99. The zero-order valence-electron chi connectivity index (χ0n) is 12.8. The maximum atomic E-state index is 12.3. The van der Waals surface area contributed by atoms with Gasteiger partial charge in [-0.1, -0.05) is 46.2 Å². The summed E-state index contributed by atoms with van der Waals surface area (Å²) in [6, 6.07) is 6.84. The van der Waals surface area contributed by atoms with Crippen LogP contribution in [0.1, 0.15) is 46.1 Å². The molecule has 1 rings (SSSR count). The van der Waals surface area contributed by atoms with Gasteiger partial charge in [-0.25, -0.2) is 13.1 Å². The van der Waals surface area contributed by atoms with Crippen molar-refractivity contribution in [1.29, 1.82) is 0 Å². The standard InChI is InChI=1S/C15H26N2O2S/c1-5-6-13(11-16)17-20(18,19)14-9-7-12(8-10-14)15(2,3)4/h7-10,13,17H,5-6,11,16H2,1-4H3. The first-order chi connectivity index (χ1) is 9.20. The number of rotatable bonds is 6. The topological polar surface area (TPSA) is 72.2 Å². The van der Waals surface area contributed by atoms with Gasteiger partial charge in [0.25, 0.3) is 0 Å². The molecular weight excluding hydrogens is 272 g/mol. The van der Waals surface area contributed by atoms with Crippen molar-refractivity contribution in [2.24, 2.45) is 5.73 Å². The molecule has 0 fully saturated rings. The third-order valence-corrected chi connectivity index (χ3v) is 4.81. The van der Waals surface area contributed by atoms with Crippen molar-refractivity contribution in [2.45, 2.75) is 56.9 Å². The number of nitrogens with one attached hydrogen (secondary N) is 1. The molecule has 1 aromatic carbocycles. The second kappa shape index (κ2) is 6.70. The normalized spacial score (nSPS) is 14.2. The van der Waals surface area contributed by atoms with Gasteiger partial charge in [0.05, 0.1) is 4.90 Å². The van der Waals surface area contributed by atoms with E-state index in [4.69, 9.17) is 5.73 Å². The van der Waals surface area contributed by atoms with Gasteiger partial charge in [-0.3, -0.25) is 0 Å². The van der Waals surface area contributed by atoms with E-state index >= 15 is 0 Å². The molecule has 0 aliphatic heterocycles. The number of sulfonamides is 1. The number of benzene rings is 1. The Hall–Kier alpha value is -0.910. The molecule has 0 amide bonds. The SMILES string of the molecule is CCCC(CN)NS(=O)(=O)c1ccc(C(C)(C)C)cc1. The van der Waals surface area contributed by atoms with Crippen molar-refractivity contribution in [3.63, 3.8) is 0 Å². The maximum Gasteiger partial charge on any atom is 0.240 e. The third kappa shape index (κ3) is 4.58. The van der Waals surface area contributed by atoms with Gasteiger partial charge in [0, 0.05) is 12.6 Å². The zero-order chi connectivity index (χ0) is 15.4. The van der Waals surface area contributed by atoms with E-state index in [2.05, 4.69) is 25.5 Å². The van der Waals surface area contributed by atoms with Crippen LogP contribution in [-0.4, -0.2) is 21.0 Å². The van der Waals surface area contributed by atoms with Gasteiger partial charge in [0.1, 0.15) is 0 Å². The summed E-state index contributed by atoms with van der Waals surface area (Å²) in [6.07, 6.45) is 1.64. The number of hydrogen-bond acceptors (Lipinski definition) is 3. The number of nitrogens with two attached hydrogens (primary N) is 1. The van der Waals surface area contributed by atoms with Gasteiger partial charge in [0.2, 0.25) is 10.0 Å². The van der Waals surface area contributed by atoms with E-state index in [0.717, 1.165) is 18.4 Å². The minimum Gasteiger partial charge on any atom is -0.329 e. The monoisotopic (exact) mass is 298 g/mol. The van der Waals surface area contributed by atoms with Crippen LogP contribution >= 0.6 is 0 Å². The third-order valence-electron chi connectivity index (χ3n) is 3.27. The lowest BCUT2D eigenvalue weighted by atomic mass is 9.87. The average molecular weight is 298 g/mol. The van der Waals surface area contributed by atoms with Gasteiger partial charge < -0.3 is 5.73 Å². The first-order valence-electron chi connectivity index (χ1n) is 7.03. The summed E-state index contributed by atoms with van der Waals surface area (Å²) in [5.74, 6) is 0. The van der Waals surface area contributed by atoms with Crippen molar-refractivity contribution >= 4 is 10.0 Å². The molecule has 1 unspecified atom stereocenters. The molecule has 0 radical (unpaired) electrons. The Morgan fingerprint density at radius 3 is 2.15 bits per heavy atom. The number of hydrogen-bond donors (Lipinski definition) is 2. The largest absolute Gasteiger partial charge is 0.329 e. The molecule has 114 valence electrons. The second-order valence-corrected chi connectivity index (χ2v) is 7.83. The van der Waals surface area contributed by atoms with Gasteiger partial charge in [-0.05, 0) is 29.5 Å². The summed E-state index contributed by atoms with van der Waals surface area (Å²) in [5.41, 5.74) is 6.72. The van der Waals surface area contributed by atoms with Gasteiger partial charge >= 0.3 is 0 Å². The molecule has 1 atom stereocenters. The van der Waals surface area contributed by atoms with Crippen LogP contribution in [0.4, 0.5) is 0 Å². The van der Waals surface area contributed by atoms with Crippen molar-refractivity contribution in [2.75, 3.05) is 6.54 Å². The smallest absolute Gasteiger partial charge is 0.240 e. The molecule has 4 nitrogen and oxygen atoms in total. The Kier molecular flexibility index (Phi) is 5.74. The first kappa shape index (κ1) is 17.1. The second-order valence-electron chi connectivity index (χ2n) is 6.12. The average Bonchev–Trinajstić information content (AvgIpc) is 2.37. The summed E-state index contributed by atoms with van der Waals surface area (Å²) >= 11 is 0. The molecule has 20 heavy (non-hydrogen) atoms. The van der Waals surface area contributed by atoms with E-state index in [1.807, 2.05) is 19.1 Å². The lowest BCUT2D eigenvalue weighted by Crippen LogP contribution is -2.40. The van der Waals surface area contributed by atoms with E-state index in [9.17, 15) is 8.42 Å². The molecule has 0 bridgehead atoms. The quantitative estimate of drug-likeness (QED) is 0.847. The van der Waals surface area contributed by atoms with Crippen molar-refractivity contribution in [3.05, 3.63) is 29.8 Å². The van der Waals surface area contributed by atoms with Crippen LogP contribution in [-0.2, 0) is 15.4 Å². The lowest BCUT2D eigenvalue weighted by molar-refractivity contribution is 0.527. The molecular formula is C15H26N2O2S. The Morgan fingerprint density at radius 1 is 1.20 bits per heavy atom. The van der Waals surface area contributed by atoms with Crippen LogP contribution in [0.5, 0.6) is 0 Å². The minimum atomic E-state index is -3.49. The highest BCUT2D eigenvalue weighted by atomic mass is 32.2. The maximum absolute atomic E-state index is 12.3. The summed E-state index contributed by atoms with van der Waals surface area (Å²) in [4.78, 5) is 0.292. The van der Waals surface area contributed by atoms with Gasteiger partial charge in [0.15, 0.2) is 0 Å². The fraction of sp³-hybridized carbons (Fsp3) is 0.600. The van der Waals surface area contributed by atoms with Crippen molar-refractivity contribution < 1.29 is 8.42 Å². The van der Waals surface area contributed by atoms with E-state index in [1.165, 1.54) is 0 Å². The fourth-order valence-corrected chi connectivity index (χ4v) is 3.28. The highest BCUT2D eigenvalue weighted by molar-refractivity contribution is 7.89. The molecule has 0 aromatic heterocycles. The van der Waals surface area contributed by atoms with Crippen molar-refractivity contribution in [1.82, 2.24) is 4.72 Å². The Balaban J connectivity index is 2.93. The zero-order valence-corrected chi connectivity index (χ0v) is 13.6. The minimum absolute atomic E-state index is 0.0116. The van der Waals surface area contributed by atoms with Crippen LogP contribution < -0.4 is 10.5 Å². The van der Waals surface area contributed by atoms with E-state index < -0.39 is 10.0 Å². The summed E-state index contributed by atoms with van der Waals surface area (Å²) < 4.78 is 27.2. The molecule has 0 saturated carbocycles. The van der Waals surface area contributed by atoms with Crippen LogP contribution in [0.3, 0.4) is 0 Å². The molecule has 0 aliphatic rings.